The molecule has 0 saturated carbocycles. The first kappa shape index (κ1) is 12.8. The number of carbonyl (C=O) groups excluding carboxylic acids is 1. The highest BCUT2D eigenvalue weighted by molar-refractivity contribution is 9.10. The largest absolute Gasteiger partial charge is 0.336 e. The highest BCUT2D eigenvalue weighted by Crippen LogP contribution is 2.28. The first-order valence-electron chi connectivity index (χ1n) is 5.46. The highest BCUT2D eigenvalue weighted by atomic mass is 79.9. The van der Waals surface area contributed by atoms with Crippen molar-refractivity contribution in [3.8, 4) is 0 Å². The zero-order chi connectivity index (χ0) is 12.6. The van der Waals surface area contributed by atoms with E-state index in [0.717, 1.165) is 12.8 Å². The standard InChI is InChI=1S/C12H12BrClFNO/c1-7-3-2-4-16(7)12(17)8-5-9(13)10(14)6-11(8)15/h5-7H,2-4H2,1H3/t7-/m1/s1. The number of halogens is 3. The normalized spacial score (nSPS) is 19.8. The molecule has 1 aliphatic rings. The Labute approximate surface area is 113 Å². The van der Waals surface area contributed by atoms with Gasteiger partial charge in [-0.3, -0.25) is 4.79 Å². The van der Waals surface area contributed by atoms with Gasteiger partial charge in [-0.2, -0.15) is 0 Å². The van der Waals surface area contributed by atoms with E-state index in [-0.39, 0.29) is 22.5 Å². The number of amides is 1. The van der Waals surface area contributed by atoms with E-state index in [1.165, 1.54) is 12.1 Å². The molecular formula is C12H12BrClFNO. The maximum Gasteiger partial charge on any atom is 0.257 e. The zero-order valence-corrected chi connectivity index (χ0v) is 11.7. The van der Waals surface area contributed by atoms with Crippen molar-refractivity contribution >= 4 is 33.4 Å². The lowest BCUT2D eigenvalue weighted by atomic mass is 10.1. The number of carbonyl (C=O) groups is 1. The van der Waals surface area contributed by atoms with E-state index >= 15 is 0 Å². The molecule has 17 heavy (non-hydrogen) atoms. The zero-order valence-electron chi connectivity index (χ0n) is 9.34. The van der Waals surface area contributed by atoms with Gasteiger partial charge in [0.2, 0.25) is 0 Å². The summed E-state index contributed by atoms with van der Waals surface area (Å²) in [6.45, 7) is 2.67. The first-order chi connectivity index (χ1) is 8.00. The summed E-state index contributed by atoms with van der Waals surface area (Å²) < 4.78 is 14.2. The Hall–Kier alpha value is -0.610. The van der Waals surface area contributed by atoms with Crippen LogP contribution < -0.4 is 0 Å². The van der Waals surface area contributed by atoms with E-state index in [1.807, 2.05) is 6.92 Å². The van der Waals surface area contributed by atoms with E-state index in [9.17, 15) is 9.18 Å². The Morgan fingerprint density at radius 1 is 1.59 bits per heavy atom. The molecule has 1 atom stereocenters. The molecule has 0 aliphatic carbocycles. The van der Waals surface area contributed by atoms with Crippen molar-refractivity contribution in [1.29, 1.82) is 0 Å². The highest BCUT2D eigenvalue weighted by Gasteiger charge is 2.28. The van der Waals surface area contributed by atoms with Gasteiger partial charge >= 0.3 is 0 Å². The van der Waals surface area contributed by atoms with Crippen LogP contribution in [0.15, 0.2) is 16.6 Å². The van der Waals surface area contributed by atoms with Gasteiger partial charge in [0.15, 0.2) is 0 Å². The molecule has 2 rings (SSSR count). The van der Waals surface area contributed by atoms with Gasteiger partial charge in [-0.15, -0.1) is 0 Å². The predicted octanol–water partition coefficient (Wildman–Crippen LogP) is 3.87. The summed E-state index contributed by atoms with van der Waals surface area (Å²) in [6, 6.07) is 2.79. The topological polar surface area (TPSA) is 20.3 Å². The van der Waals surface area contributed by atoms with Crippen LogP contribution in [0.3, 0.4) is 0 Å². The molecule has 5 heteroatoms. The van der Waals surface area contributed by atoms with Crippen molar-refractivity contribution in [1.82, 2.24) is 4.90 Å². The molecule has 1 saturated heterocycles. The van der Waals surface area contributed by atoms with Crippen LogP contribution in [0.1, 0.15) is 30.1 Å². The van der Waals surface area contributed by atoms with Gasteiger partial charge < -0.3 is 4.90 Å². The fourth-order valence-electron chi connectivity index (χ4n) is 2.08. The third-order valence-corrected chi connectivity index (χ3v) is 4.25. The predicted molar refractivity (Wildman–Crippen MR) is 68.8 cm³/mol. The minimum absolute atomic E-state index is 0.0787. The number of hydrogen-bond acceptors (Lipinski definition) is 1. The molecule has 0 radical (unpaired) electrons. The van der Waals surface area contributed by atoms with Crippen LogP contribution in [0, 0.1) is 5.82 Å². The lowest BCUT2D eigenvalue weighted by molar-refractivity contribution is 0.0742. The summed E-state index contributed by atoms with van der Waals surface area (Å²) in [7, 11) is 0. The lowest BCUT2D eigenvalue weighted by Crippen LogP contribution is -2.34. The molecule has 1 aromatic rings. The number of benzene rings is 1. The minimum Gasteiger partial charge on any atom is -0.336 e. The molecule has 1 amide bonds. The van der Waals surface area contributed by atoms with Gasteiger partial charge in [-0.25, -0.2) is 4.39 Å². The van der Waals surface area contributed by atoms with E-state index in [2.05, 4.69) is 15.9 Å². The van der Waals surface area contributed by atoms with Crippen molar-refractivity contribution < 1.29 is 9.18 Å². The second kappa shape index (κ2) is 4.94. The van der Waals surface area contributed by atoms with Crippen LogP contribution in [0.2, 0.25) is 5.02 Å². The molecular weight excluding hydrogens is 308 g/mol. The number of rotatable bonds is 1. The van der Waals surface area contributed by atoms with Gasteiger partial charge in [0.25, 0.3) is 5.91 Å². The second-order valence-electron chi connectivity index (χ2n) is 4.24. The second-order valence-corrected chi connectivity index (χ2v) is 5.50. The Balaban J connectivity index is 2.34. The van der Waals surface area contributed by atoms with Crippen molar-refractivity contribution in [3.63, 3.8) is 0 Å². The number of hydrogen-bond donors (Lipinski definition) is 0. The molecule has 1 aromatic carbocycles. The number of nitrogens with zero attached hydrogens (tertiary/aromatic N) is 1. The lowest BCUT2D eigenvalue weighted by Gasteiger charge is -2.21. The quantitative estimate of drug-likeness (QED) is 0.719. The average Bonchev–Trinajstić information content (AvgIpc) is 2.69. The summed E-state index contributed by atoms with van der Waals surface area (Å²) in [5, 5.41) is 0.272. The Bertz CT molecular complexity index is 466. The Morgan fingerprint density at radius 3 is 2.88 bits per heavy atom. The maximum absolute atomic E-state index is 13.7. The SMILES string of the molecule is C[C@@H]1CCCN1C(=O)c1cc(Br)c(Cl)cc1F. The molecule has 0 bridgehead atoms. The monoisotopic (exact) mass is 319 g/mol. The summed E-state index contributed by atoms with van der Waals surface area (Å²) in [4.78, 5) is 13.9. The maximum atomic E-state index is 13.7. The molecule has 0 unspecified atom stereocenters. The van der Waals surface area contributed by atoms with E-state index in [4.69, 9.17) is 11.6 Å². The van der Waals surface area contributed by atoms with Gasteiger partial charge in [-0.05, 0) is 47.8 Å². The van der Waals surface area contributed by atoms with Crippen LogP contribution in [0.5, 0.6) is 0 Å². The number of likely N-dealkylation sites (tertiary alicyclic amines) is 1. The van der Waals surface area contributed by atoms with E-state index in [1.54, 1.807) is 4.90 Å². The van der Waals surface area contributed by atoms with Crippen LogP contribution in [-0.2, 0) is 0 Å². The van der Waals surface area contributed by atoms with Crippen molar-refractivity contribution in [3.05, 3.63) is 33.0 Å². The molecule has 1 aliphatic heterocycles. The summed E-state index contributed by atoms with van der Waals surface area (Å²) in [6.07, 6.45) is 1.95. The third-order valence-electron chi connectivity index (χ3n) is 3.05. The molecule has 1 fully saturated rings. The molecule has 0 aromatic heterocycles. The Kier molecular flexibility index (Phi) is 3.73. The first-order valence-corrected chi connectivity index (χ1v) is 6.63. The van der Waals surface area contributed by atoms with E-state index < -0.39 is 5.82 Å². The van der Waals surface area contributed by atoms with Crippen molar-refractivity contribution in [2.24, 2.45) is 0 Å². The van der Waals surface area contributed by atoms with Crippen molar-refractivity contribution in [2.75, 3.05) is 6.54 Å². The third kappa shape index (κ3) is 2.47. The molecule has 2 nitrogen and oxygen atoms in total. The molecule has 0 N–H and O–H groups in total. The fraction of sp³-hybridized carbons (Fsp3) is 0.417. The smallest absolute Gasteiger partial charge is 0.257 e. The average molecular weight is 321 g/mol. The van der Waals surface area contributed by atoms with Gasteiger partial charge in [0.05, 0.1) is 10.6 Å². The van der Waals surface area contributed by atoms with Crippen LogP contribution in [0.4, 0.5) is 4.39 Å². The molecule has 92 valence electrons. The summed E-state index contributed by atoms with van der Waals surface area (Å²) >= 11 is 8.97. The van der Waals surface area contributed by atoms with Gasteiger partial charge in [-0.1, -0.05) is 11.6 Å². The van der Waals surface area contributed by atoms with Gasteiger partial charge in [0.1, 0.15) is 5.82 Å². The van der Waals surface area contributed by atoms with Crippen LogP contribution in [0.25, 0.3) is 0 Å². The summed E-state index contributed by atoms with van der Waals surface area (Å²) in [5.41, 5.74) is 0.0787. The molecule has 0 spiro atoms. The van der Waals surface area contributed by atoms with Crippen LogP contribution in [-0.4, -0.2) is 23.4 Å². The molecule has 1 heterocycles. The van der Waals surface area contributed by atoms with Gasteiger partial charge in [0, 0.05) is 17.1 Å². The van der Waals surface area contributed by atoms with Crippen LogP contribution >= 0.6 is 27.5 Å². The van der Waals surface area contributed by atoms with Crippen molar-refractivity contribution in [2.45, 2.75) is 25.8 Å². The van der Waals surface area contributed by atoms with E-state index in [0.29, 0.717) is 11.0 Å². The Morgan fingerprint density at radius 2 is 2.29 bits per heavy atom. The minimum atomic E-state index is -0.567. The summed E-state index contributed by atoms with van der Waals surface area (Å²) in [5.74, 6) is -0.827. The fourth-order valence-corrected chi connectivity index (χ4v) is 2.57.